The van der Waals surface area contributed by atoms with E-state index < -0.39 is 0 Å². The number of rotatable bonds is 7. The van der Waals surface area contributed by atoms with E-state index in [0.717, 1.165) is 37.4 Å². The van der Waals surface area contributed by atoms with E-state index in [0.29, 0.717) is 4.99 Å². The molecule has 0 radical (unpaired) electrons. The third-order valence-corrected chi connectivity index (χ3v) is 2.87. The molecule has 0 fully saturated rings. The lowest BCUT2D eigenvalue weighted by Gasteiger charge is -2.13. The summed E-state index contributed by atoms with van der Waals surface area (Å²) in [7, 11) is 2.11. The molecule has 0 bridgehead atoms. The van der Waals surface area contributed by atoms with Crippen LogP contribution in [-0.2, 0) is 0 Å². The van der Waals surface area contributed by atoms with Gasteiger partial charge in [0.15, 0.2) is 0 Å². The van der Waals surface area contributed by atoms with Crippen LogP contribution in [-0.4, -0.2) is 36.6 Å². The van der Waals surface area contributed by atoms with Gasteiger partial charge >= 0.3 is 0 Å². The Kier molecular flexibility index (Phi) is 5.94. The number of hydrogen-bond acceptors (Lipinski definition) is 3. The molecule has 0 aliphatic rings. The maximum absolute atomic E-state index is 5.62. The maximum atomic E-state index is 5.62. The lowest BCUT2D eigenvalue weighted by molar-refractivity contribution is 0.268. The summed E-state index contributed by atoms with van der Waals surface area (Å²) in [6, 6.07) is 7.57. The fraction of sp³-hybridized carbons (Fsp3) is 0.462. The smallest absolute Gasteiger partial charge is 0.119 e. The van der Waals surface area contributed by atoms with Gasteiger partial charge in [-0.3, -0.25) is 0 Å². The zero-order chi connectivity index (χ0) is 12.7. The van der Waals surface area contributed by atoms with Crippen molar-refractivity contribution < 1.29 is 4.74 Å². The predicted molar refractivity (Wildman–Crippen MR) is 75.6 cm³/mol. The molecule has 0 spiro atoms. The molecule has 17 heavy (non-hydrogen) atoms. The van der Waals surface area contributed by atoms with Gasteiger partial charge in [0.2, 0.25) is 0 Å². The summed E-state index contributed by atoms with van der Waals surface area (Å²) < 4.78 is 5.62. The van der Waals surface area contributed by atoms with Crippen molar-refractivity contribution in [3.63, 3.8) is 0 Å². The van der Waals surface area contributed by atoms with Crippen LogP contribution in [0, 0.1) is 0 Å². The molecule has 1 aromatic rings. The third-order valence-electron chi connectivity index (χ3n) is 2.63. The van der Waals surface area contributed by atoms with Gasteiger partial charge in [0.25, 0.3) is 0 Å². The highest BCUT2D eigenvalue weighted by molar-refractivity contribution is 7.80. The van der Waals surface area contributed by atoms with Gasteiger partial charge in [-0.15, -0.1) is 0 Å². The van der Waals surface area contributed by atoms with Crippen LogP contribution in [0.1, 0.15) is 18.9 Å². The Bertz CT molecular complexity index is 351. The maximum Gasteiger partial charge on any atom is 0.119 e. The molecular weight excluding hydrogens is 232 g/mol. The Morgan fingerprint density at radius 3 is 2.53 bits per heavy atom. The summed E-state index contributed by atoms with van der Waals surface area (Å²) >= 11 is 4.89. The number of nitrogens with two attached hydrogens (primary N) is 1. The first kappa shape index (κ1) is 13.9. The number of nitrogens with zero attached hydrogens (tertiary/aromatic N) is 1. The summed E-state index contributed by atoms with van der Waals surface area (Å²) in [6.45, 7) is 5.01. The first-order valence-corrected chi connectivity index (χ1v) is 6.25. The molecule has 0 saturated heterocycles. The van der Waals surface area contributed by atoms with Gasteiger partial charge < -0.3 is 15.4 Å². The van der Waals surface area contributed by atoms with E-state index in [9.17, 15) is 0 Å². The van der Waals surface area contributed by atoms with Crippen molar-refractivity contribution in [2.75, 3.05) is 26.7 Å². The lowest BCUT2D eigenvalue weighted by Crippen LogP contribution is -2.20. The normalized spacial score (nSPS) is 10.5. The fourth-order valence-corrected chi connectivity index (χ4v) is 1.53. The minimum Gasteiger partial charge on any atom is -0.494 e. The van der Waals surface area contributed by atoms with Crippen LogP contribution in [0.15, 0.2) is 24.3 Å². The Hall–Kier alpha value is -1.13. The van der Waals surface area contributed by atoms with E-state index in [1.54, 1.807) is 0 Å². The van der Waals surface area contributed by atoms with E-state index in [1.165, 1.54) is 0 Å². The van der Waals surface area contributed by atoms with Gasteiger partial charge in [-0.1, -0.05) is 19.1 Å². The van der Waals surface area contributed by atoms with Crippen LogP contribution in [0.2, 0.25) is 0 Å². The molecule has 1 rings (SSSR count). The van der Waals surface area contributed by atoms with Gasteiger partial charge in [0.1, 0.15) is 10.7 Å². The van der Waals surface area contributed by atoms with Crippen LogP contribution < -0.4 is 10.5 Å². The molecule has 0 aromatic heterocycles. The minimum absolute atomic E-state index is 0.418. The molecule has 3 nitrogen and oxygen atoms in total. The van der Waals surface area contributed by atoms with Crippen LogP contribution in [0.3, 0.4) is 0 Å². The predicted octanol–water partition coefficient (Wildman–Crippen LogP) is 2.04. The number of hydrogen-bond donors (Lipinski definition) is 1. The van der Waals surface area contributed by atoms with E-state index in [-0.39, 0.29) is 0 Å². The summed E-state index contributed by atoms with van der Waals surface area (Å²) in [6.07, 6.45) is 1.03. The molecule has 1 aromatic carbocycles. The van der Waals surface area contributed by atoms with Gasteiger partial charge in [0.05, 0.1) is 6.61 Å². The number of benzene rings is 1. The van der Waals surface area contributed by atoms with Crippen molar-refractivity contribution in [3.8, 4) is 5.75 Å². The van der Waals surface area contributed by atoms with Gasteiger partial charge in [-0.05, 0) is 44.3 Å². The highest BCUT2D eigenvalue weighted by Gasteiger charge is 1.98. The van der Waals surface area contributed by atoms with Crippen LogP contribution >= 0.6 is 12.2 Å². The van der Waals surface area contributed by atoms with Crippen molar-refractivity contribution in [1.29, 1.82) is 0 Å². The second kappa shape index (κ2) is 7.25. The summed E-state index contributed by atoms with van der Waals surface area (Å²) in [5.41, 5.74) is 6.39. The molecule has 94 valence electrons. The molecule has 0 aliphatic heterocycles. The van der Waals surface area contributed by atoms with Crippen LogP contribution in [0.4, 0.5) is 0 Å². The quantitative estimate of drug-likeness (QED) is 0.595. The van der Waals surface area contributed by atoms with Crippen molar-refractivity contribution >= 4 is 17.2 Å². The fourth-order valence-electron chi connectivity index (χ4n) is 1.40. The molecule has 0 amide bonds. The lowest BCUT2D eigenvalue weighted by atomic mass is 10.2. The molecule has 0 heterocycles. The standard InChI is InChI=1S/C13H20N2OS/c1-3-15(2)9-4-10-16-12-7-5-11(6-8-12)13(14)17/h5-8H,3-4,9-10H2,1-2H3,(H2,14,17). The van der Waals surface area contributed by atoms with E-state index >= 15 is 0 Å². The first-order chi connectivity index (χ1) is 8.13. The molecule has 2 N–H and O–H groups in total. The molecule has 0 atom stereocenters. The Labute approximate surface area is 109 Å². The van der Waals surface area contributed by atoms with E-state index in [2.05, 4.69) is 18.9 Å². The molecule has 4 heteroatoms. The van der Waals surface area contributed by atoms with Gasteiger partial charge in [-0.2, -0.15) is 0 Å². The molecule has 0 unspecified atom stereocenters. The van der Waals surface area contributed by atoms with Crippen LogP contribution in [0.5, 0.6) is 5.75 Å². The zero-order valence-corrected chi connectivity index (χ0v) is 11.3. The second-order valence-electron chi connectivity index (χ2n) is 3.99. The summed E-state index contributed by atoms with van der Waals surface area (Å²) in [4.78, 5) is 2.68. The average molecular weight is 252 g/mol. The van der Waals surface area contributed by atoms with Crippen molar-refractivity contribution in [1.82, 2.24) is 4.90 Å². The highest BCUT2D eigenvalue weighted by atomic mass is 32.1. The number of thiocarbonyl (C=S) groups is 1. The monoisotopic (exact) mass is 252 g/mol. The minimum atomic E-state index is 0.418. The largest absolute Gasteiger partial charge is 0.494 e. The Balaban J connectivity index is 2.30. The third kappa shape index (κ3) is 5.15. The molecule has 0 saturated carbocycles. The van der Waals surface area contributed by atoms with E-state index in [4.69, 9.17) is 22.7 Å². The van der Waals surface area contributed by atoms with Crippen molar-refractivity contribution in [3.05, 3.63) is 29.8 Å². The Morgan fingerprint density at radius 1 is 1.35 bits per heavy atom. The first-order valence-electron chi connectivity index (χ1n) is 5.84. The molecule has 0 aliphatic carbocycles. The second-order valence-corrected chi connectivity index (χ2v) is 4.43. The zero-order valence-electron chi connectivity index (χ0n) is 10.5. The van der Waals surface area contributed by atoms with Gasteiger partial charge in [-0.25, -0.2) is 0 Å². The van der Waals surface area contributed by atoms with E-state index in [1.807, 2.05) is 24.3 Å². The summed E-state index contributed by atoms with van der Waals surface area (Å²) in [5.74, 6) is 0.865. The number of ether oxygens (including phenoxy) is 1. The Morgan fingerprint density at radius 2 is 2.00 bits per heavy atom. The summed E-state index contributed by atoms with van der Waals surface area (Å²) in [5, 5.41) is 0. The topological polar surface area (TPSA) is 38.5 Å². The van der Waals surface area contributed by atoms with Gasteiger partial charge in [0, 0.05) is 12.1 Å². The highest BCUT2D eigenvalue weighted by Crippen LogP contribution is 2.12. The van der Waals surface area contributed by atoms with Crippen molar-refractivity contribution in [2.45, 2.75) is 13.3 Å². The van der Waals surface area contributed by atoms with Crippen molar-refractivity contribution in [2.24, 2.45) is 5.73 Å². The SMILES string of the molecule is CCN(C)CCCOc1ccc(C(N)=S)cc1. The average Bonchev–Trinajstić information content (AvgIpc) is 2.34. The molecular formula is C13H20N2OS. The van der Waals surface area contributed by atoms with Crippen LogP contribution in [0.25, 0.3) is 0 Å².